The van der Waals surface area contributed by atoms with Crippen LogP contribution >= 0.6 is 0 Å². The third-order valence-electron chi connectivity index (χ3n) is 3.17. The van der Waals surface area contributed by atoms with Gasteiger partial charge in [0.1, 0.15) is 11.3 Å². The van der Waals surface area contributed by atoms with Crippen molar-refractivity contribution >= 4 is 16.8 Å². The molecule has 0 bridgehead atoms. The van der Waals surface area contributed by atoms with E-state index in [1.54, 1.807) is 0 Å². The zero-order valence-corrected chi connectivity index (χ0v) is 13.1. The summed E-state index contributed by atoms with van der Waals surface area (Å²) >= 11 is 0. The van der Waals surface area contributed by atoms with Crippen molar-refractivity contribution in [2.45, 2.75) is 20.3 Å². The number of aryl methyl sites for hydroxylation is 1. The third kappa shape index (κ3) is 4.70. The van der Waals surface area contributed by atoms with Crippen LogP contribution in [-0.2, 0) is 9.53 Å². The van der Waals surface area contributed by atoms with E-state index in [4.69, 9.17) is 9.47 Å². The molecular formula is C17H22N2O3. The Morgan fingerprint density at radius 3 is 2.95 bits per heavy atom. The number of hydrogen-bond donors (Lipinski definition) is 1. The molecule has 1 amide bonds. The molecular weight excluding hydrogens is 280 g/mol. The van der Waals surface area contributed by atoms with Crippen LogP contribution in [0.15, 0.2) is 30.3 Å². The number of fused-ring (bicyclic) bond motifs is 1. The van der Waals surface area contributed by atoms with Crippen LogP contribution in [0.4, 0.5) is 0 Å². The van der Waals surface area contributed by atoms with Crippen LogP contribution in [0.2, 0.25) is 0 Å². The largest absolute Gasteiger partial charge is 0.481 e. The maximum atomic E-state index is 11.8. The van der Waals surface area contributed by atoms with E-state index in [0.717, 1.165) is 23.0 Å². The number of para-hydroxylation sites is 1. The number of ether oxygens (including phenoxy) is 2. The van der Waals surface area contributed by atoms with Gasteiger partial charge in [-0.2, -0.15) is 0 Å². The second-order valence-corrected chi connectivity index (χ2v) is 4.97. The first-order valence-electron chi connectivity index (χ1n) is 7.54. The summed E-state index contributed by atoms with van der Waals surface area (Å²) in [5.74, 6) is 0.492. The zero-order valence-electron chi connectivity index (χ0n) is 13.1. The molecule has 5 nitrogen and oxygen atoms in total. The summed E-state index contributed by atoms with van der Waals surface area (Å²) in [5.41, 5.74) is 1.70. The molecule has 2 rings (SSSR count). The quantitative estimate of drug-likeness (QED) is 0.761. The number of carbonyl (C=O) groups excluding carboxylic acids is 1. The van der Waals surface area contributed by atoms with E-state index in [-0.39, 0.29) is 12.5 Å². The van der Waals surface area contributed by atoms with Crippen LogP contribution in [0.3, 0.4) is 0 Å². The van der Waals surface area contributed by atoms with Crippen molar-refractivity contribution in [1.82, 2.24) is 10.3 Å². The first-order valence-corrected chi connectivity index (χ1v) is 7.54. The number of amides is 1. The molecule has 1 heterocycles. The Morgan fingerprint density at radius 2 is 2.14 bits per heavy atom. The number of nitrogens with one attached hydrogen (secondary N) is 1. The van der Waals surface area contributed by atoms with Crippen molar-refractivity contribution in [2.75, 3.05) is 26.4 Å². The van der Waals surface area contributed by atoms with Crippen molar-refractivity contribution in [3.05, 3.63) is 36.0 Å². The standard InChI is InChI=1S/C17H22N2O3/c1-3-21-11-5-10-18-16(20)12-22-15-7-4-6-14-9-8-13(2)19-17(14)15/h4,6-9H,3,5,10-12H2,1-2H3,(H,18,20). The van der Waals surface area contributed by atoms with Gasteiger partial charge < -0.3 is 14.8 Å². The molecule has 0 saturated heterocycles. The fraction of sp³-hybridized carbons (Fsp3) is 0.412. The van der Waals surface area contributed by atoms with E-state index in [0.29, 0.717) is 25.5 Å². The second kappa shape index (κ2) is 8.34. The maximum absolute atomic E-state index is 11.8. The number of hydrogen-bond acceptors (Lipinski definition) is 4. The number of benzene rings is 1. The molecule has 0 aliphatic heterocycles. The van der Waals surface area contributed by atoms with Crippen molar-refractivity contribution in [3.63, 3.8) is 0 Å². The lowest BCUT2D eigenvalue weighted by Crippen LogP contribution is -2.30. The molecule has 0 aliphatic carbocycles. The van der Waals surface area contributed by atoms with E-state index >= 15 is 0 Å². The van der Waals surface area contributed by atoms with Gasteiger partial charge in [0.15, 0.2) is 6.61 Å². The van der Waals surface area contributed by atoms with E-state index in [1.807, 2.05) is 44.2 Å². The Balaban J connectivity index is 1.86. The molecule has 1 aromatic carbocycles. The van der Waals surface area contributed by atoms with Crippen molar-refractivity contribution in [2.24, 2.45) is 0 Å². The Morgan fingerprint density at radius 1 is 1.27 bits per heavy atom. The minimum absolute atomic E-state index is 0.0105. The van der Waals surface area contributed by atoms with Gasteiger partial charge in [-0.3, -0.25) is 4.79 Å². The summed E-state index contributed by atoms with van der Waals surface area (Å²) in [6, 6.07) is 9.66. The van der Waals surface area contributed by atoms with Gasteiger partial charge in [-0.15, -0.1) is 0 Å². The molecule has 1 N–H and O–H groups in total. The maximum Gasteiger partial charge on any atom is 0.257 e. The highest BCUT2D eigenvalue weighted by atomic mass is 16.5. The highest BCUT2D eigenvalue weighted by molar-refractivity contribution is 5.85. The molecule has 118 valence electrons. The van der Waals surface area contributed by atoms with Crippen molar-refractivity contribution < 1.29 is 14.3 Å². The van der Waals surface area contributed by atoms with Gasteiger partial charge in [0.25, 0.3) is 5.91 Å². The summed E-state index contributed by atoms with van der Waals surface area (Å²) in [6.07, 6.45) is 0.800. The fourth-order valence-electron chi connectivity index (χ4n) is 2.07. The molecule has 0 radical (unpaired) electrons. The van der Waals surface area contributed by atoms with Crippen LogP contribution in [0.25, 0.3) is 10.9 Å². The SMILES string of the molecule is CCOCCCNC(=O)COc1cccc2ccc(C)nc12. The molecule has 0 saturated carbocycles. The lowest BCUT2D eigenvalue weighted by Gasteiger charge is -2.09. The van der Waals surface area contributed by atoms with Gasteiger partial charge in [-0.25, -0.2) is 4.98 Å². The van der Waals surface area contributed by atoms with E-state index in [1.165, 1.54) is 0 Å². The number of pyridine rings is 1. The molecule has 0 spiro atoms. The minimum Gasteiger partial charge on any atom is -0.481 e. The topological polar surface area (TPSA) is 60.5 Å². The molecule has 22 heavy (non-hydrogen) atoms. The summed E-state index contributed by atoms with van der Waals surface area (Å²) in [4.78, 5) is 16.2. The van der Waals surface area contributed by atoms with Gasteiger partial charge in [-0.1, -0.05) is 18.2 Å². The molecule has 0 aliphatic rings. The van der Waals surface area contributed by atoms with E-state index in [9.17, 15) is 4.79 Å². The highest BCUT2D eigenvalue weighted by Crippen LogP contribution is 2.23. The Hall–Kier alpha value is -2.14. The Bertz CT molecular complexity index is 628. The van der Waals surface area contributed by atoms with Crippen LogP contribution in [0.1, 0.15) is 19.0 Å². The normalized spacial score (nSPS) is 10.6. The fourth-order valence-corrected chi connectivity index (χ4v) is 2.07. The summed E-state index contributed by atoms with van der Waals surface area (Å²) in [6.45, 7) is 5.82. The monoisotopic (exact) mass is 302 g/mol. The predicted octanol–water partition coefficient (Wildman–Crippen LogP) is 2.46. The van der Waals surface area contributed by atoms with Crippen molar-refractivity contribution in [1.29, 1.82) is 0 Å². The summed E-state index contributed by atoms with van der Waals surface area (Å²) in [7, 11) is 0. The number of carbonyl (C=O) groups is 1. The van der Waals surface area contributed by atoms with Crippen molar-refractivity contribution in [3.8, 4) is 5.75 Å². The number of nitrogens with zero attached hydrogens (tertiary/aromatic N) is 1. The predicted molar refractivity (Wildman–Crippen MR) is 86.1 cm³/mol. The van der Waals surface area contributed by atoms with Gasteiger partial charge in [0.05, 0.1) is 0 Å². The molecule has 0 atom stereocenters. The van der Waals surface area contributed by atoms with Crippen LogP contribution < -0.4 is 10.1 Å². The average molecular weight is 302 g/mol. The van der Waals surface area contributed by atoms with Gasteiger partial charge >= 0.3 is 0 Å². The van der Waals surface area contributed by atoms with Crippen LogP contribution in [0.5, 0.6) is 5.75 Å². The third-order valence-corrected chi connectivity index (χ3v) is 3.17. The summed E-state index contributed by atoms with van der Waals surface area (Å²) < 4.78 is 10.8. The smallest absolute Gasteiger partial charge is 0.257 e. The van der Waals surface area contributed by atoms with Crippen LogP contribution in [-0.4, -0.2) is 37.3 Å². The number of rotatable bonds is 8. The first kappa shape index (κ1) is 16.2. The van der Waals surface area contributed by atoms with Crippen LogP contribution in [0, 0.1) is 6.92 Å². The number of aromatic nitrogens is 1. The van der Waals surface area contributed by atoms with Gasteiger partial charge in [0.2, 0.25) is 0 Å². The average Bonchev–Trinajstić information content (AvgIpc) is 2.52. The first-order chi connectivity index (χ1) is 10.7. The minimum atomic E-state index is -0.138. The zero-order chi connectivity index (χ0) is 15.8. The highest BCUT2D eigenvalue weighted by Gasteiger charge is 2.07. The Labute approximate surface area is 130 Å². The lowest BCUT2D eigenvalue weighted by molar-refractivity contribution is -0.123. The van der Waals surface area contributed by atoms with Gasteiger partial charge in [-0.05, 0) is 32.4 Å². The molecule has 0 fully saturated rings. The summed E-state index contributed by atoms with van der Waals surface area (Å²) in [5, 5.41) is 3.81. The molecule has 1 aromatic heterocycles. The second-order valence-electron chi connectivity index (χ2n) is 4.97. The Kier molecular flexibility index (Phi) is 6.15. The van der Waals surface area contributed by atoms with E-state index in [2.05, 4.69) is 10.3 Å². The molecule has 0 unspecified atom stereocenters. The molecule has 2 aromatic rings. The molecule has 5 heteroatoms. The lowest BCUT2D eigenvalue weighted by atomic mass is 10.2. The van der Waals surface area contributed by atoms with Gasteiger partial charge in [0, 0.05) is 30.8 Å². The van der Waals surface area contributed by atoms with E-state index < -0.39 is 0 Å².